The Kier molecular flexibility index (Phi) is 4.89. The fourth-order valence-corrected chi connectivity index (χ4v) is 1.19. The maximum atomic E-state index is 10.9. The standard InChI is InChI=1S/C6H15N3O3S/c1-5(7)6(10)9-3-2-4-13(8,11)12/h5H,2-4,7H2,1H3,(H,9,10)(H2,8,11,12)/t5-/m0/s1. The number of hydrogen-bond acceptors (Lipinski definition) is 4. The summed E-state index contributed by atoms with van der Waals surface area (Å²) in [4.78, 5) is 10.9. The quantitative estimate of drug-likeness (QED) is 0.460. The van der Waals surface area contributed by atoms with Crippen LogP contribution in [0.2, 0.25) is 0 Å². The van der Waals surface area contributed by atoms with Crippen molar-refractivity contribution in [2.75, 3.05) is 12.3 Å². The number of amides is 1. The molecule has 5 N–H and O–H groups in total. The lowest BCUT2D eigenvalue weighted by molar-refractivity contribution is -0.121. The van der Waals surface area contributed by atoms with Crippen LogP contribution in [0.3, 0.4) is 0 Å². The first-order valence-electron chi connectivity index (χ1n) is 3.86. The molecule has 7 heteroatoms. The minimum atomic E-state index is -3.42. The molecule has 0 saturated heterocycles. The fourth-order valence-electron chi connectivity index (χ4n) is 0.646. The molecule has 0 aromatic heterocycles. The highest BCUT2D eigenvalue weighted by molar-refractivity contribution is 7.89. The predicted octanol–water partition coefficient (Wildman–Crippen LogP) is -1.87. The Morgan fingerprint density at radius 1 is 1.54 bits per heavy atom. The largest absolute Gasteiger partial charge is 0.355 e. The van der Waals surface area contributed by atoms with E-state index in [0.717, 1.165) is 0 Å². The summed E-state index contributed by atoms with van der Waals surface area (Å²) in [6.07, 6.45) is 0.303. The van der Waals surface area contributed by atoms with Crippen LogP contribution in [0.1, 0.15) is 13.3 Å². The molecule has 0 aliphatic carbocycles. The van der Waals surface area contributed by atoms with Gasteiger partial charge in [0, 0.05) is 6.54 Å². The summed E-state index contributed by atoms with van der Waals surface area (Å²) < 4.78 is 20.9. The zero-order valence-corrected chi connectivity index (χ0v) is 8.30. The number of carbonyl (C=O) groups is 1. The molecule has 13 heavy (non-hydrogen) atoms. The summed E-state index contributed by atoms with van der Waals surface area (Å²) in [5.41, 5.74) is 5.25. The van der Waals surface area contributed by atoms with Crippen LogP contribution in [0.5, 0.6) is 0 Å². The van der Waals surface area contributed by atoms with E-state index in [0.29, 0.717) is 6.42 Å². The maximum absolute atomic E-state index is 10.9. The Labute approximate surface area is 77.7 Å². The maximum Gasteiger partial charge on any atom is 0.236 e. The van der Waals surface area contributed by atoms with Crippen molar-refractivity contribution in [1.82, 2.24) is 5.32 Å². The molecule has 0 fully saturated rings. The highest BCUT2D eigenvalue weighted by Gasteiger charge is 2.06. The second-order valence-corrected chi connectivity index (χ2v) is 4.53. The van der Waals surface area contributed by atoms with Gasteiger partial charge in [-0.1, -0.05) is 0 Å². The summed E-state index contributed by atoms with van der Waals surface area (Å²) in [6.45, 7) is 1.83. The number of rotatable bonds is 5. The minimum Gasteiger partial charge on any atom is -0.355 e. The van der Waals surface area contributed by atoms with Gasteiger partial charge in [-0.15, -0.1) is 0 Å². The van der Waals surface area contributed by atoms with Gasteiger partial charge < -0.3 is 11.1 Å². The third-order valence-corrected chi connectivity index (χ3v) is 2.18. The molecule has 0 bridgehead atoms. The van der Waals surface area contributed by atoms with Crippen LogP contribution in [-0.4, -0.2) is 32.7 Å². The average molecular weight is 209 g/mol. The van der Waals surface area contributed by atoms with Gasteiger partial charge in [0.15, 0.2) is 0 Å². The second-order valence-electron chi connectivity index (χ2n) is 2.80. The van der Waals surface area contributed by atoms with E-state index in [4.69, 9.17) is 10.9 Å². The highest BCUT2D eigenvalue weighted by atomic mass is 32.2. The van der Waals surface area contributed by atoms with Gasteiger partial charge in [-0.3, -0.25) is 4.79 Å². The van der Waals surface area contributed by atoms with Gasteiger partial charge in [0.2, 0.25) is 15.9 Å². The smallest absolute Gasteiger partial charge is 0.236 e. The van der Waals surface area contributed by atoms with Crippen LogP contribution < -0.4 is 16.2 Å². The predicted molar refractivity (Wildman–Crippen MR) is 49.3 cm³/mol. The Balaban J connectivity index is 3.53. The molecular formula is C6H15N3O3S. The molecule has 0 aliphatic heterocycles. The number of nitrogens with one attached hydrogen (secondary N) is 1. The van der Waals surface area contributed by atoms with Crippen molar-refractivity contribution in [3.8, 4) is 0 Å². The first-order valence-corrected chi connectivity index (χ1v) is 5.58. The SMILES string of the molecule is C[C@H](N)C(=O)NCCCS(N)(=O)=O. The van der Waals surface area contributed by atoms with Gasteiger partial charge in [0.05, 0.1) is 11.8 Å². The van der Waals surface area contributed by atoms with Gasteiger partial charge in [-0.25, -0.2) is 13.6 Å². The number of sulfonamides is 1. The van der Waals surface area contributed by atoms with Crippen molar-refractivity contribution in [3.63, 3.8) is 0 Å². The van der Waals surface area contributed by atoms with E-state index >= 15 is 0 Å². The number of primary sulfonamides is 1. The van der Waals surface area contributed by atoms with E-state index in [9.17, 15) is 13.2 Å². The van der Waals surface area contributed by atoms with Crippen LogP contribution in [0.25, 0.3) is 0 Å². The third kappa shape index (κ3) is 7.69. The first kappa shape index (κ1) is 12.3. The molecule has 0 radical (unpaired) electrons. The van der Waals surface area contributed by atoms with Crippen molar-refractivity contribution in [2.24, 2.45) is 10.9 Å². The zero-order valence-electron chi connectivity index (χ0n) is 7.49. The molecule has 1 atom stereocenters. The summed E-state index contributed by atoms with van der Waals surface area (Å²) in [5.74, 6) is -0.430. The molecule has 0 aromatic carbocycles. The topological polar surface area (TPSA) is 115 Å². The molecule has 0 aromatic rings. The van der Waals surface area contributed by atoms with E-state index in [1.54, 1.807) is 6.92 Å². The van der Waals surface area contributed by atoms with Gasteiger partial charge in [-0.05, 0) is 13.3 Å². The molecule has 0 unspecified atom stereocenters. The van der Waals surface area contributed by atoms with Gasteiger partial charge >= 0.3 is 0 Å². The Bertz CT molecular complexity index is 260. The van der Waals surface area contributed by atoms with Crippen LogP contribution in [-0.2, 0) is 14.8 Å². The molecule has 0 rings (SSSR count). The fraction of sp³-hybridized carbons (Fsp3) is 0.833. The number of nitrogens with two attached hydrogens (primary N) is 2. The average Bonchev–Trinajstić information content (AvgIpc) is 1.95. The second kappa shape index (κ2) is 5.15. The molecule has 78 valence electrons. The normalized spacial score (nSPS) is 13.8. The molecule has 6 nitrogen and oxygen atoms in total. The molecule has 0 aliphatic rings. The summed E-state index contributed by atoms with van der Waals surface area (Å²) in [7, 11) is -3.42. The van der Waals surface area contributed by atoms with Crippen LogP contribution in [0.15, 0.2) is 0 Å². The van der Waals surface area contributed by atoms with Crippen molar-refractivity contribution < 1.29 is 13.2 Å². The van der Waals surface area contributed by atoms with E-state index < -0.39 is 16.1 Å². The molecule has 0 heterocycles. The Morgan fingerprint density at radius 3 is 2.46 bits per heavy atom. The van der Waals surface area contributed by atoms with Gasteiger partial charge in [0.25, 0.3) is 0 Å². The van der Waals surface area contributed by atoms with E-state index in [1.807, 2.05) is 0 Å². The van der Waals surface area contributed by atoms with Gasteiger partial charge in [0.1, 0.15) is 0 Å². The lowest BCUT2D eigenvalue weighted by atomic mass is 10.3. The van der Waals surface area contributed by atoms with Crippen LogP contribution in [0.4, 0.5) is 0 Å². The molecule has 0 saturated carbocycles. The lowest BCUT2D eigenvalue weighted by Crippen LogP contribution is -2.39. The number of hydrogen-bond donors (Lipinski definition) is 3. The zero-order chi connectivity index (χ0) is 10.5. The molecule has 0 spiro atoms. The Morgan fingerprint density at radius 2 is 2.08 bits per heavy atom. The van der Waals surface area contributed by atoms with Crippen LogP contribution in [0, 0.1) is 0 Å². The molecule has 1 amide bonds. The van der Waals surface area contributed by atoms with Crippen molar-refractivity contribution >= 4 is 15.9 Å². The van der Waals surface area contributed by atoms with Crippen LogP contribution >= 0.6 is 0 Å². The lowest BCUT2D eigenvalue weighted by Gasteiger charge is -2.06. The van der Waals surface area contributed by atoms with E-state index in [-0.39, 0.29) is 18.2 Å². The van der Waals surface area contributed by atoms with E-state index in [2.05, 4.69) is 5.32 Å². The first-order chi connectivity index (χ1) is 5.83. The highest BCUT2D eigenvalue weighted by Crippen LogP contribution is 1.84. The molecular weight excluding hydrogens is 194 g/mol. The Hall–Kier alpha value is -0.660. The van der Waals surface area contributed by atoms with Gasteiger partial charge in [-0.2, -0.15) is 0 Å². The number of carbonyl (C=O) groups excluding carboxylic acids is 1. The van der Waals surface area contributed by atoms with E-state index in [1.165, 1.54) is 0 Å². The summed E-state index contributed by atoms with van der Waals surface area (Å²) >= 11 is 0. The van der Waals surface area contributed by atoms with Crippen molar-refractivity contribution in [2.45, 2.75) is 19.4 Å². The summed E-state index contributed by atoms with van der Waals surface area (Å²) in [6, 6.07) is -0.575. The minimum absolute atomic E-state index is 0.133. The van der Waals surface area contributed by atoms with Crippen molar-refractivity contribution in [1.29, 1.82) is 0 Å². The van der Waals surface area contributed by atoms with Crippen molar-refractivity contribution in [3.05, 3.63) is 0 Å². The monoisotopic (exact) mass is 209 g/mol. The third-order valence-electron chi connectivity index (χ3n) is 1.32. The summed E-state index contributed by atoms with van der Waals surface area (Å²) in [5, 5.41) is 7.22.